The van der Waals surface area contributed by atoms with Gasteiger partial charge in [0.1, 0.15) is 12.1 Å². The van der Waals surface area contributed by atoms with Gasteiger partial charge in [-0.1, -0.05) is 30.8 Å². The van der Waals surface area contributed by atoms with Crippen molar-refractivity contribution >= 4 is 16.3 Å². The highest BCUT2D eigenvalue weighted by molar-refractivity contribution is 5.96. The highest BCUT2D eigenvalue weighted by atomic mass is 19.1. The van der Waals surface area contributed by atoms with E-state index in [1.54, 1.807) is 12.1 Å². The van der Waals surface area contributed by atoms with Gasteiger partial charge in [0.05, 0.1) is 11.4 Å². The molecule has 20 heavy (non-hydrogen) atoms. The van der Waals surface area contributed by atoms with Crippen molar-refractivity contribution in [1.29, 1.82) is 0 Å². The van der Waals surface area contributed by atoms with Gasteiger partial charge < -0.3 is 0 Å². The Bertz CT molecular complexity index is 809. The fraction of sp³-hybridized carbons (Fsp3) is 0.0588. The summed E-state index contributed by atoms with van der Waals surface area (Å²) >= 11 is 0. The van der Waals surface area contributed by atoms with Gasteiger partial charge in [-0.2, -0.15) is 0 Å². The Morgan fingerprint density at radius 2 is 1.80 bits per heavy atom. The third-order valence-corrected chi connectivity index (χ3v) is 3.25. The number of benzene rings is 2. The molecule has 0 aliphatic carbocycles. The minimum absolute atomic E-state index is 0.224. The Labute approximate surface area is 116 Å². The Hall–Kier alpha value is -2.55. The minimum atomic E-state index is -0.224. The highest BCUT2D eigenvalue weighted by Crippen LogP contribution is 2.29. The van der Waals surface area contributed by atoms with E-state index in [1.807, 2.05) is 31.2 Å². The summed E-state index contributed by atoms with van der Waals surface area (Å²) in [4.78, 5) is 8.47. The van der Waals surface area contributed by atoms with Gasteiger partial charge in [0, 0.05) is 10.9 Å². The zero-order chi connectivity index (χ0) is 14.1. The van der Waals surface area contributed by atoms with E-state index >= 15 is 0 Å². The number of rotatable bonds is 2. The van der Waals surface area contributed by atoms with Crippen molar-refractivity contribution in [1.82, 2.24) is 9.97 Å². The van der Waals surface area contributed by atoms with Gasteiger partial charge in [0.25, 0.3) is 0 Å². The van der Waals surface area contributed by atoms with Crippen LogP contribution in [0.15, 0.2) is 55.4 Å². The second-order valence-corrected chi connectivity index (χ2v) is 4.71. The predicted molar refractivity (Wildman–Crippen MR) is 79.6 cm³/mol. The van der Waals surface area contributed by atoms with E-state index in [2.05, 4.69) is 16.5 Å². The average molecular weight is 264 g/mol. The molecule has 3 rings (SSSR count). The first-order valence-corrected chi connectivity index (χ1v) is 6.32. The second kappa shape index (κ2) is 4.85. The number of halogens is 1. The molecule has 1 heterocycles. The number of aromatic nitrogens is 2. The summed E-state index contributed by atoms with van der Waals surface area (Å²) in [6.07, 6.45) is 1.51. The molecule has 0 bridgehead atoms. The van der Waals surface area contributed by atoms with E-state index < -0.39 is 0 Å². The van der Waals surface area contributed by atoms with Crippen molar-refractivity contribution in [3.05, 3.63) is 66.9 Å². The van der Waals surface area contributed by atoms with E-state index in [9.17, 15) is 4.39 Å². The van der Waals surface area contributed by atoms with Crippen LogP contribution in [0.2, 0.25) is 0 Å². The van der Waals surface area contributed by atoms with Gasteiger partial charge in [0.15, 0.2) is 0 Å². The molecule has 0 aliphatic heterocycles. The Kier molecular flexibility index (Phi) is 3.03. The van der Waals surface area contributed by atoms with Crippen LogP contribution in [0.3, 0.4) is 0 Å². The molecule has 2 nitrogen and oxygen atoms in total. The SMILES string of the molecule is C=C(C)c1cc(-c2ccc(F)c3ccccc23)ncn1. The maximum Gasteiger partial charge on any atom is 0.131 e. The van der Waals surface area contributed by atoms with Crippen molar-refractivity contribution in [3.8, 4) is 11.3 Å². The first-order valence-electron chi connectivity index (χ1n) is 6.32. The highest BCUT2D eigenvalue weighted by Gasteiger charge is 2.09. The third kappa shape index (κ3) is 2.07. The number of hydrogen-bond donors (Lipinski definition) is 0. The molecule has 0 aliphatic rings. The molecule has 0 N–H and O–H groups in total. The zero-order valence-electron chi connectivity index (χ0n) is 11.1. The van der Waals surface area contributed by atoms with Crippen LogP contribution in [0.1, 0.15) is 12.6 Å². The second-order valence-electron chi connectivity index (χ2n) is 4.71. The van der Waals surface area contributed by atoms with Crippen LogP contribution in [0.4, 0.5) is 4.39 Å². The van der Waals surface area contributed by atoms with E-state index in [-0.39, 0.29) is 5.82 Å². The van der Waals surface area contributed by atoms with Gasteiger partial charge in [0.2, 0.25) is 0 Å². The van der Waals surface area contributed by atoms with Gasteiger partial charge in [-0.3, -0.25) is 0 Å². The molecule has 0 saturated carbocycles. The Balaban J connectivity index is 2.27. The van der Waals surface area contributed by atoms with Crippen molar-refractivity contribution < 1.29 is 4.39 Å². The summed E-state index contributed by atoms with van der Waals surface area (Å²) in [5.41, 5.74) is 3.34. The molecule has 3 aromatic rings. The van der Waals surface area contributed by atoms with Gasteiger partial charge >= 0.3 is 0 Å². The molecular formula is C17H13FN2. The summed E-state index contributed by atoms with van der Waals surface area (Å²) in [5.74, 6) is -0.224. The van der Waals surface area contributed by atoms with Crippen LogP contribution in [0, 0.1) is 5.82 Å². The molecule has 0 amide bonds. The van der Waals surface area contributed by atoms with Gasteiger partial charge in [-0.05, 0) is 36.1 Å². The van der Waals surface area contributed by atoms with Crippen LogP contribution in [-0.4, -0.2) is 9.97 Å². The predicted octanol–water partition coefficient (Wildman–Crippen LogP) is 4.47. The zero-order valence-corrected chi connectivity index (χ0v) is 11.1. The van der Waals surface area contributed by atoms with E-state index in [0.717, 1.165) is 27.9 Å². The van der Waals surface area contributed by atoms with Crippen molar-refractivity contribution in [2.24, 2.45) is 0 Å². The van der Waals surface area contributed by atoms with E-state index in [4.69, 9.17) is 0 Å². The van der Waals surface area contributed by atoms with Crippen LogP contribution < -0.4 is 0 Å². The van der Waals surface area contributed by atoms with Crippen LogP contribution in [-0.2, 0) is 0 Å². The van der Waals surface area contributed by atoms with Crippen LogP contribution in [0.5, 0.6) is 0 Å². The van der Waals surface area contributed by atoms with Crippen molar-refractivity contribution in [2.45, 2.75) is 6.92 Å². The smallest absolute Gasteiger partial charge is 0.131 e. The fourth-order valence-electron chi connectivity index (χ4n) is 2.22. The summed E-state index contributed by atoms with van der Waals surface area (Å²) in [5, 5.41) is 1.44. The lowest BCUT2D eigenvalue weighted by atomic mass is 10.0. The fourth-order valence-corrected chi connectivity index (χ4v) is 2.22. The number of fused-ring (bicyclic) bond motifs is 1. The molecule has 0 unspecified atom stereocenters. The summed E-state index contributed by atoms with van der Waals surface area (Å²) in [6, 6.07) is 12.5. The maximum absolute atomic E-state index is 13.8. The van der Waals surface area contributed by atoms with Crippen molar-refractivity contribution in [3.63, 3.8) is 0 Å². The maximum atomic E-state index is 13.8. The third-order valence-electron chi connectivity index (χ3n) is 3.25. The molecule has 0 fully saturated rings. The molecule has 0 spiro atoms. The van der Waals surface area contributed by atoms with Gasteiger partial charge in [-0.15, -0.1) is 0 Å². The van der Waals surface area contributed by atoms with Crippen molar-refractivity contribution in [2.75, 3.05) is 0 Å². The first-order chi connectivity index (χ1) is 9.66. The molecule has 2 aromatic carbocycles. The van der Waals surface area contributed by atoms with E-state index in [0.29, 0.717) is 5.39 Å². The van der Waals surface area contributed by atoms with Crippen LogP contribution >= 0.6 is 0 Å². The first kappa shape index (κ1) is 12.5. The Morgan fingerprint density at radius 1 is 1.05 bits per heavy atom. The molecule has 0 saturated heterocycles. The lowest BCUT2D eigenvalue weighted by molar-refractivity contribution is 0.640. The lowest BCUT2D eigenvalue weighted by Gasteiger charge is -2.08. The number of nitrogens with zero attached hydrogens (tertiary/aromatic N) is 2. The normalized spacial score (nSPS) is 10.7. The monoisotopic (exact) mass is 264 g/mol. The quantitative estimate of drug-likeness (QED) is 0.682. The molecule has 0 atom stereocenters. The summed E-state index contributed by atoms with van der Waals surface area (Å²) < 4.78 is 13.8. The number of allylic oxidation sites excluding steroid dienone is 1. The largest absolute Gasteiger partial charge is 0.237 e. The molecule has 0 radical (unpaired) electrons. The lowest BCUT2D eigenvalue weighted by Crippen LogP contribution is -1.92. The standard InChI is InChI=1S/C17H13FN2/c1-11(2)16-9-17(20-10-19-16)14-7-8-15(18)13-6-4-3-5-12(13)14/h3-10H,1H2,2H3. The molecular weight excluding hydrogens is 251 g/mol. The topological polar surface area (TPSA) is 25.8 Å². The number of hydrogen-bond acceptors (Lipinski definition) is 2. The molecule has 98 valence electrons. The van der Waals surface area contributed by atoms with E-state index in [1.165, 1.54) is 12.4 Å². The Morgan fingerprint density at radius 3 is 2.55 bits per heavy atom. The summed E-state index contributed by atoms with van der Waals surface area (Å²) in [6.45, 7) is 5.78. The van der Waals surface area contributed by atoms with Crippen LogP contribution in [0.25, 0.3) is 27.6 Å². The summed E-state index contributed by atoms with van der Waals surface area (Å²) in [7, 11) is 0. The average Bonchev–Trinajstić information content (AvgIpc) is 2.48. The molecule has 1 aromatic heterocycles. The molecule has 3 heteroatoms. The van der Waals surface area contributed by atoms with Gasteiger partial charge in [-0.25, -0.2) is 14.4 Å². The minimum Gasteiger partial charge on any atom is -0.237 e.